The third kappa shape index (κ3) is 2.16. The van der Waals surface area contributed by atoms with Crippen LogP contribution in [0.1, 0.15) is 16.3 Å². The quantitative estimate of drug-likeness (QED) is 0.679. The van der Waals surface area contributed by atoms with E-state index < -0.39 is 0 Å². The Balaban J connectivity index is 2.15. The molecule has 1 aromatic carbocycles. The number of fused-ring (bicyclic) bond motifs is 1. The van der Waals surface area contributed by atoms with Gasteiger partial charge in [0.15, 0.2) is 0 Å². The fourth-order valence-electron chi connectivity index (χ4n) is 2.00. The Bertz CT molecular complexity index is 861. The maximum atomic E-state index is 12.4. The van der Waals surface area contributed by atoms with E-state index in [4.69, 9.17) is 0 Å². The number of para-hydroxylation sites is 1. The number of nitrogens with zero attached hydrogens (tertiary/aromatic N) is 3. The zero-order chi connectivity index (χ0) is 14.1. The number of benzene rings is 1. The van der Waals surface area contributed by atoms with Crippen molar-refractivity contribution in [3.63, 3.8) is 0 Å². The lowest BCUT2D eigenvalue weighted by Crippen LogP contribution is -2.20. The molecule has 5 heteroatoms. The molecule has 0 bridgehead atoms. The summed E-state index contributed by atoms with van der Waals surface area (Å²) in [4.78, 5) is 17.9. The summed E-state index contributed by atoms with van der Waals surface area (Å²) in [6.45, 7) is 3.80. The molecular weight excluding hydrogens is 270 g/mol. The van der Waals surface area contributed by atoms with Crippen LogP contribution in [-0.4, -0.2) is 15.9 Å². The fraction of sp³-hybridized carbons (Fsp3) is 0.133. The van der Waals surface area contributed by atoms with Crippen molar-refractivity contribution in [2.24, 2.45) is 5.10 Å². The van der Waals surface area contributed by atoms with Crippen LogP contribution in [0.2, 0.25) is 0 Å². The van der Waals surface area contributed by atoms with Gasteiger partial charge in [0.25, 0.3) is 5.56 Å². The zero-order valence-electron chi connectivity index (χ0n) is 11.2. The van der Waals surface area contributed by atoms with Gasteiger partial charge in [-0.1, -0.05) is 12.1 Å². The first kappa shape index (κ1) is 12.7. The van der Waals surface area contributed by atoms with E-state index in [-0.39, 0.29) is 5.56 Å². The predicted molar refractivity (Wildman–Crippen MR) is 82.8 cm³/mol. The molecule has 2 aromatic heterocycles. The van der Waals surface area contributed by atoms with E-state index in [0.29, 0.717) is 16.7 Å². The Kier molecular flexibility index (Phi) is 3.20. The third-order valence-electron chi connectivity index (χ3n) is 3.11. The maximum absolute atomic E-state index is 12.4. The second-order valence-electron chi connectivity index (χ2n) is 4.51. The first-order valence-electron chi connectivity index (χ1n) is 6.23. The summed E-state index contributed by atoms with van der Waals surface area (Å²) in [5, 5.41) is 6.87. The average Bonchev–Trinajstić information content (AvgIpc) is 2.84. The monoisotopic (exact) mass is 283 g/mol. The number of aryl methyl sites for hydroxylation is 2. The Hall–Kier alpha value is -2.27. The van der Waals surface area contributed by atoms with E-state index in [2.05, 4.69) is 10.1 Å². The average molecular weight is 283 g/mol. The van der Waals surface area contributed by atoms with Crippen LogP contribution >= 0.6 is 11.3 Å². The highest BCUT2D eigenvalue weighted by Crippen LogP contribution is 2.13. The molecule has 0 fully saturated rings. The second-order valence-corrected chi connectivity index (χ2v) is 5.45. The van der Waals surface area contributed by atoms with Gasteiger partial charge >= 0.3 is 0 Å². The first-order chi connectivity index (χ1) is 9.66. The Morgan fingerprint density at radius 2 is 2.05 bits per heavy atom. The van der Waals surface area contributed by atoms with E-state index in [1.807, 2.05) is 36.6 Å². The highest BCUT2D eigenvalue weighted by molar-refractivity contribution is 7.11. The van der Waals surface area contributed by atoms with Gasteiger partial charge in [-0.25, -0.2) is 4.98 Å². The Labute approximate surface area is 120 Å². The van der Waals surface area contributed by atoms with Crippen LogP contribution in [0.25, 0.3) is 10.9 Å². The maximum Gasteiger partial charge on any atom is 0.282 e. The molecule has 2 heterocycles. The molecule has 0 spiro atoms. The van der Waals surface area contributed by atoms with Crippen molar-refractivity contribution in [3.05, 3.63) is 62.3 Å². The number of aromatic nitrogens is 2. The van der Waals surface area contributed by atoms with Gasteiger partial charge in [-0.05, 0) is 43.0 Å². The van der Waals surface area contributed by atoms with Gasteiger partial charge < -0.3 is 0 Å². The minimum atomic E-state index is -0.140. The molecule has 3 rings (SSSR count). The van der Waals surface area contributed by atoms with Crippen molar-refractivity contribution in [1.29, 1.82) is 0 Å². The van der Waals surface area contributed by atoms with E-state index in [1.54, 1.807) is 30.5 Å². The Morgan fingerprint density at radius 3 is 2.80 bits per heavy atom. The molecule has 0 aliphatic heterocycles. The topological polar surface area (TPSA) is 47.2 Å². The van der Waals surface area contributed by atoms with Gasteiger partial charge in [0.2, 0.25) is 0 Å². The SMILES string of the molecule is Cc1ccsc1C=Nn1c(C)nc2ccccc2c1=O. The molecule has 0 saturated carbocycles. The van der Waals surface area contributed by atoms with Crippen LogP contribution < -0.4 is 5.56 Å². The molecule has 100 valence electrons. The van der Waals surface area contributed by atoms with Crippen molar-refractivity contribution in [2.75, 3.05) is 0 Å². The summed E-state index contributed by atoms with van der Waals surface area (Å²) in [6, 6.07) is 9.34. The smallest absolute Gasteiger partial charge is 0.267 e. The zero-order valence-corrected chi connectivity index (χ0v) is 12.0. The summed E-state index contributed by atoms with van der Waals surface area (Å²) in [5.74, 6) is 0.583. The lowest BCUT2D eigenvalue weighted by molar-refractivity contribution is 0.771. The molecule has 0 aliphatic rings. The molecule has 3 aromatic rings. The lowest BCUT2D eigenvalue weighted by Gasteiger charge is -2.04. The van der Waals surface area contributed by atoms with Crippen molar-refractivity contribution in [3.8, 4) is 0 Å². The summed E-state index contributed by atoms with van der Waals surface area (Å²) in [5.41, 5.74) is 1.71. The molecule has 0 saturated heterocycles. The van der Waals surface area contributed by atoms with Crippen LogP contribution in [0.4, 0.5) is 0 Å². The van der Waals surface area contributed by atoms with Crippen LogP contribution in [-0.2, 0) is 0 Å². The molecule has 20 heavy (non-hydrogen) atoms. The summed E-state index contributed by atoms with van der Waals surface area (Å²) < 4.78 is 1.35. The standard InChI is InChI=1S/C15H13N3OS/c1-10-7-8-20-14(10)9-16-18-11(2)17-13-6-4-3-5-12(13)15(18)19/h3-9H,1-2H3. The molecule has 0 radical (unpaired) electrons. The minimum Gasteiger partial charge on any atom is -0.267 e. The van der Waals surface area contributed by atoms with E-state index in [1.165, 1.54) is 4.68 Å². The van der Waals surface area contributed by atoms with Gasteiger partial charge in [-0.2, -0.15) is 9.78 Å². The first-order valence-corrected chi connectivity index (χ1v) is 7.11. The normalized spacial score (nSPS) is 11.5. The van der Waals surface area contributed by atoms with Crippen LogP contribution in [0, 0.1) is 13.8 Å². The molecule has 0 unspecified atom stereocenters. The third-order valence-corrected chi connectivity index (χ3v) is 4.06. The highest BCUT2D eigenvalue weighted by atomic mass is 32.1. The highest BCUT2D eigenvalue weighted by Gasteiger charge is 2.06. The molecule has 0 atom stereocenters. The van der Waals surface area contributed by atoms with Crippen molar-refractivity contribution in [2.45, 2.75) is 13.8 Å². The number of rotatable bonds is 2. The Morgan fingerprint density at radius 1 is 1.25 bits per heavy atom. The van der Waals surface area contributed by atoms with Gasteiger partial charge in [0, 0.05) is 0 Å². The van der Waals surface area contributed by atoms with Crippen molar-refractivity contribution < 1.29 is 0 Å². The van der Waals surface area contributed by atoms with Crippen molar-refractivity contribution >= 4 is 28.5 Å². The second kappa shape index (κ2) is 5.02. The summed E-state index contributed by atoms with van der Waals surface area (Å²) in [6.07, 6.45) is 1.71. The van der Waals surface area contributed by atoms with Gasteiger partial charge in [-0.3, -0.25) is 4.79 Å². The summed E-state index contributed by atoms with van der Waals surface area (Å²) in [7, 11) is 0. The van der Waals surface area contributed by atoms with Gasteiger partial charge in [-0.15, -0.1) is 11.3 Å². The van der Waals surface area contributed by atoms with E-state index >= 15 is 0 Å². The van der Waals surface area contributed by atoms with E-state index in [9.17, 15) is 4.79 Å². The number of hydrogen-bond acceptors (Lipinski definition) is 4. The van der Waals surface area contributed by atoms with Crippen LogP contribution in [0.3, 0.4) is 0 Å². The fourth-order valence-corrected chi connectivity index (χ4v) is 2.78. The van der Waals surface area contributed by atoms with Crippen LogP contribution in [0.5, 0.6) is 0 Å². The summed E-state index contributed by atoms with van der Waals surface area (Å²) >= 11 is 1.60. The van der Waals surface area contributed by atoms with Gasteiger partial charge in [0.1, 0.15) is 5.82 Å². The molecule has 0 N–H and O–H groups in total. The lowest BCUT2D eigenvalue weighted by atomic mass is 10.2. The van der Waals surface area contributed by atoms with Crippen molar-refractivity contribution in [1.82, 2.24) is 9.66 Å². The molecule has 4 nitrogen and oxygen atoms in total. The molecule has 0 aliphatic carbocycles. The van der Waals surface area contributed by atoms with Crippen LogP contribution in [0.15, 0.2) is 45.6 Å². The largest absolute Gasteiger partial charge is 0.282 e. The number of hydrogen-bond donors (Lipinski definition) is 0. The predicted octanol–water partition coefficient (Wildman–Crippen LogP) is 2.96. The number of thiophene rings is 1. The van der Waals surface area contributed by atoms with E-state index in [0.717, 1.165) is 10.4 Å². The molecule has 0 amide bonds. The van der Waals surface area contributed by atoms with Gasteiger partial charge in [0.05, 0.1) is 22.0 Å². The minimum absolute atomic E-state index is 0.140. The molecular formula is C15H13N3OS.